The first-order chi connectivity index (χ1) is 16.5. The van der Waals surface area contributed by atoms with E-state index < -0.39 is 29.9 Å². The number of esters is 1. The van der Waals surface area contributed by atoms with Crippen molar-refractivity contribution < 1.29 is 29.1 Å². The predicted molar refractivity (Wildman–Crippen MR) is 132 cm³/mol. The van der Waals surface area contributed by atoms with Gasteiger partial charge in [0.1, 0.15) is 18.7 Å². The van der Waals surface area contributed by atoms with Crippen LogP contribution in [0.1, 0.15) is 86.0 Å². The van der Waals surface area contributed by atoms with E-state index in [0.29, 0.717) is 25.8 Å². The first-order valence-corrected chi connectivity index (χ1v) is 13.0. The Hall–Kier alpha value is -2.20. The van der Waals surface area contributed by atoms with E-state index in [1.807, 2.05) is 34.6 Å². The minimum absolute atomic E-state index is 0.0748. The SMILES string of the molecule is CCCCCC(CC(=O)NO)C(=O)NC(C(=O)N1CCCC1COC(=O)[C@@H](N)CC(C)C)C(C)C. The van der Waals surface area contributed by atoms with Crippen molar-refractivity contribution in [3.63, 3.8) is 0 Å². The van der Waals surface area contributed by atoms with Crippen LogP contribution in [0.4, 0.5) is 0 Å². The molecule has 0 spiro atoms. The Balaban J connectivity index is 2.83. The molecule has 0 aromatic rings. The summed E-state index contributed by atoms with van der Waals surface area (Å²) in [6.45, 7) is 10.3. The molecule has 1 aliphatic heterocycles. The molecule has 1 rings (SSSR count). The molecule has 35 heavy (non-hydrogen) atoms. The number of unbranched alkanes of at least 4 members (excludes halogenated alkanes) is 2. The number of carbonyl (C=O) groups excluding carboxylic acids is 4. The third-order valence-electron chi connectivity index (χ3n) is 6.42. The molecule has 1 fully saturated rings. The zero-order valence-corrected chi connectivity index (χ0v) is 22.0. The third kappa shape index (κ3) is 10.5. The molecule has 10 nitrogen and oxygen atoms in total. The summed E-state index contributed by atoms with van der Waals surface area (Å²) >= 11 is 0. The normalized spacial score (nSPS) is 18.3. The minimum Gasteiger partial charge on any atom is -0.462 e. The van der Waals surface area contributed by atoms with Crippen LogP contribution in [0, 0.1) is 17.8 Å². The van der Waals surface area contributed by atoms with Gasteiger partial charge < -0.3 is 20.7 Å². The summed E-state index contributed by atoms with van der Waals surface area (Å²) in [7, 11) is 0. The van der Waals surface area contributed by atoms with E-state index in [1.54, 1.807) is 10.4 Å². The van der Waals surface area contributed by atoms with Crippen molar-refractivity contribution in [2.75, 3.05) is 13.2 Å². The van der Waals surface area contributed by atoms with E-state index in [4.69, 9.17) is 15.7 Å². The first kappa shape index (κ1) is 30.8. The Morgan fingerprint density at radius 1 is 1.14 bits per heavy atom. The van der Waals surface area contributed by atoms with Gasteiger partial charge in [0.25, 0.3) is 0 Å². The first-order valence-electron chi connectivity index (χ1n) is 13.0. The van der Waals surface area contributed by atoms with E-state index in [2.05, 4.69) is 5.32 Å². The summed E-state index contributed by atoms with van der Waals surface area (Å²) < 4.78 is 5.43. The lowest BCUT2D eigenvalue weighted by Crippen LogP contribution is -2.54. The lowest BCUT2D eigenvalue weighted by atomic mass is 9.94. The summed E-state index contributed by atoms with van der Waals surface area (Å²) in [5, 5.41) is 11.8. The molecule has 0 aromatic heterocycles. The highest BCUT2D eigenvalue weighted by Crippen LogP contribution is 2.22. The van der Waals surface area contributed by atoms with Gasteiger partial charge in [-0.1, -0.05) is 53.9 Å². The van der Waals surface area contributed by atoms with Crippen molar-refractivity contribution in [3.8, 4) is 0 Å². The molecule has 0 aromatic carbocycles. The second-order valence-electron chi connectivity index (χ2n) is 10.4. The number of nitrogens with one attached hydrogen (secondary N) is 2. The fourth-order valence-corrected chi connectivity index (χ4v) is 4.39. The molecule has 0 aliphatic carbocycles. The number of hydroxylamine groups is 1. The maximum atomic E-state index is 13.4. The number of hydrogen-bond acceptors (Lipinski definition) is 7. The van der Waals surface area contributed by atoms with Crippen LogP contribution in [0.25, 0.3) is 0 Å². The highest BCUT2D eigenvalue weighted by molar-refractivity contribution is 5.91. The highest BCUT2D eigenvalue weighted by atomic mass is 16.5. The Morgan fingerprint density at radius 2 is 1.83 bits per heavy atom. The van der Waals surface area contributed by atoms with Gasteiger partial charge in [0.15, 0.2) is 0 Å². The predicted octanol–water partition coefficient (Wildman–Crippen LogP) is 2.13. The molecular formula is C25H46N4O6. The molecule has 0 saturated carbocycles. The Morgan fingerprint density at radius 3 is 2.40 bits per heavy atom. The largest absolute Gasteiger partial charge is 0.462 e. The van der Waals surface area contributed by atoms with Crippen molar-refractivity contribution in [1.82, 2.24) is 15.7 Å². The van der Waals surface area contributed by atoms with Gasteiger partial charge in [0.2, 0.25) is 17.7 Å². The lowest BCUT2D eigenvalue weighted by Gasteiger charge is -2.32. The van der Waals surface area contributed by atoms with Gasteiger partial charge in [-0.05, 0) is 37.5 Å². The molecule has 5 N–H and O–H groups in total. The van der Waals surface area contributed by atoms with Crippen molar-refractivity contribution in [1.29, 1.82) is 0 Å². The third-order valence-corrected chi connectivity index (χ3v) is 6.42. The van der Waals surface area contributed by atoms with E-state index >= 15 is 0 Å². The summed E-state index contributed by atoms with van der Waals surface area (Å²) in [4.78, 5) is 52.1. The molecule has 3 unspecified atom stereocenters. The lowest BCUT2D eigenvalue weighted by molar-refractivity contribution is -0.150. The summed E-state index contributed by atoms with van der Waals surface area (Å²) in [6.07, 6.45) is 5.01. The van der Waals surface area contributed by atoms with Gasteiger partial charge in [0, 0.05) is 18.9 Å². The van der Waals surface area contributed by atoms with E-state index in [1.165, 1.54) is 0 Å². The van der Waals surface area contributed by atoms with Crippen LogP contribution < -0.4 is 16.5 Å². The fraction of sp³-hybridized carbons (Fsp3) is 0.840. The number of hydrogen-bond donors (Lipinski definition) is 4. The number of amides is 3. The van der Waals surface area contributed by atoms with Crippen molar-refractivity contribution >= 4 is 23.7 Å². The fourth-order valence-electron chi connectivity index (χ4n) is 4.39. The summed E-state index contributed by atoms with van der Waals surface area (Å²) in [6, 6.07) is -1.73. The summed E-state index contributed by atoms with van der Waals surface area (Å²) in [5.74, 6) is -2.25. The molecule has 10 heteroatoms. The van der Waals surface area contributed by atoms with Gasteiger partial charge >= 0.3 is 5.97 Å². The van der Waals surface area contributed by atoms with Gasteiger partial charge in [-0.15, -0.1) is 0 Å². The van der Waals surface area contributed by atoms with Crippen LogP contribution >= 0.6 is 0 Å². The Labute approximate surface area is 209 Å². The quantitative estimate of drug-likeness (QED) is 0.117. The Bertz CT molecular complexity index is 699. The van der Waals surface area contributed by atoms with Gasteiger partial charge in [-0.2, -0.15) is 0 Å². The van der Waals surface area contributed by atoms with Crippen molar-refractivity contribution in [3.05, 3.63) is 0 Å². The van der Waals surface area contributed by atoms with Gasteiger partial charge in [-0.3, -0.25) is 24.4 Å². The molecule has 1 saturated heterocycles. The molecule has 1 heterocycles. The second-order valence-corrected chi connectivity index (χ2v) is 10.4. The second kappa shape index (κ2) is 15.7. The number of rotatable bonds is 15. The van der Waals surface area contributed by atoms with Crippen LogP contribution in [0.2, 0.25) is 0 Å². The zero-order chi connectivity index (χ0) is 26.5. The number of carbonyl (C=O) groups is 4. The molecule has 0 bridgehead atoms. The average molecular weight is 499 g/mol. The topological polar surface area (TPSA) is 151 Å². The maximum Gasteiger partial charge on any atom is 0.322 e. The molecule has 3 amide bonds. The molecule has 0 radical (unpaired) electrons. The Kier molecular flexibility index (Phi) is 13.9. The van der Waals surface area contributed by atoms with Crippen LogP contribution in [0.15, 0.2) is 0 Å². The average Bonchev–Trinajstić information content (AvgIpc) is 3.27. The number of nitrogens with two attached hydrogens (primary N) is 1. The molecule has 202 valence electrons. The van der Waals surface area contributed by atoms with Crippen molar-refractivity contribution in [2.45, 2.75) is 104 Å². The van der Waals surface area contributed by atoms with E-state index in [9.17, 15) is 19.2 Å². The van der Waals surface area contributed by atoms with Gasteiger partial charge in [0.05, 0.1) is 6.04 Å². The number of ether oxygens (including phenoxy) is 1. The molecular weight excluding hydrogens is 452 g/mol. The standard InChI is InChI=1S/C25H46N4O6/c1-6-7-8-10-18(14-21(30)28-34)23(31)27-22(17(4)5)24(32)29-12-9-11-19(29)15-35-25(33)20(26)13-16(2)3/h16-20,22,34H,6-15,26H2,1-5H3,(H,27,31)(H,28,30)/t18?,19?,20-,22?/m0/s1. The zero-order valence-electron chi connectivity index (χ0n) is 22.0. The number of nitrogens with zero attached hydrogens (tertiary/aromatic N) is 1. The van der Waals surface area contributed by atoms with E-state index in [0.717, 1.165) is 25.7 Å². The van der Waals surface area contributed by atoms with Crippen LogP contribution in [-0.4, -0.2) is 65.1 Å². The minimum atomic E-state index is -0.770. The monoisotopic (exact) mass is 498 g/mol. The molecule has 4 atom stereocenters. The highest BCUT2D eigenvalue weighted by Gasteiger charge is 2.37. The smallest absolute Gasteiger partial charge is 0.322 e. The van der Waals surface area contributed by atoms with Crippen LogP contribution in [0.5, 0.6) is 0 Å². The number of likely N-dealkylation sites (tertiary alicyclic amines) is 1. The molecule has 1 aliphatic rings. The van der Waals surface area contributed by atoms with Gasteiger partial charge in [-0.25, -0.2) is 5.48 Å². The summed E-state index contributed by atoms with van der Waals surface area (Å²) in [5.41, 5.74) is 7.50. The van der Waals surface area contributed by atoms with Crippen molar-refractivity contribution in [2.24, 2.45) is 23.5 Å². The maximum absolute atomic E-state index is 13.4. The van der Waals surface area contributed by atoms with E-state index in [-0.39, 0.29) is 42.7 Å². The van der Waals surface area contributed by atoms with Crippen LogP contribution in [-0.2, 0) is 23.9 Å². The van der Waals surface area contributed by atoms with Crippen LogP contribution in [0.3, 0.4) is 0 Å².